The summed E-state index contributed by atoms with van der Waals surface area (Å²) in [7, 11) is 1.51. The zero-order valence-electron chi connectivity index (χ0n) is 17.0. The molecular weight excluding hydrogens is 390 g/mol. The molecule has 0 bridgehead atoms. The third-order valence-corrected chi connectivity index (χ3v) is 5.33. The normalized spacial score (nSPS) is 19.8. The maximum absolute atomic E-state index is 12.9. The molecule has 0 spiro atoms. The average molecular weight is 417 g/mol. The highest BCUT2D eigenvalue weighted by molar-refractivity contribution is 5.98. The maximum atomic E-state index is 12.9. The number of para-hydroxylation sites is 2. The number of anilines is 1. The number of hydrogen-bond donors (Lipinski definition) is 2. The first kappa shape index (κ1) is 21.6. The van der Waals surface area contributed by atoms with E-state index in [0.29, 0.717) is 50.7 Å². The lowest BCUT2D eigenvalue weighted by Gasteiger charge is -2.37. The summed E-state index contributed by atoms with van der Waals surface area (Å²) in [5.74, 6) is -0.393. The molecule has 2 aliphatic heterocycles. The van der Waals surface area contributed by atoms with Crippen LogP contribution in [0.25, 0.3) is 0 Å². The molecule has 3 rings (SSSR count). The molecule has 0 saturated carbocycles. The zero-order chi connectivity index (χ0) is 21.5. The molecule has 1 aromatic carbocycles. The SMILES string of the molecule is COc1ccccc1NC(=O)C[C@H]1C(=O)NCCN1C(=O)CN1CCN(C=O)CC1. The quantitative estimate of drug-likeness (QED) is 0.558. The lowest BCUT2D eigenvalue weighted by Crippen LogP contribution is -2.60. The number of ether oxygens (including phenoxy) is 1. The van der Waals surface area contributed by atoms with Crippen molar-refractivity contribution in [3.8, 4) is 5.75 Å². The van der Waals surface area contributed by atoms with Crippen molar-refractivity contribution in [3.05, 3.63) is 24.3 Å². The summed E-state index contributed by atoms with van der Waals surface area (Å²) in [6.45, 7) is 3.21. The second-order valence-electron chi connectivity index (χ2n) is 7.26. The first-order valence-corrected chi connectivity index (χ1v) is 9.93. The van der Waals surface area contributed by atoms with Gasteiger partial charge in [0.1, 0.15) is 11.8 Å². The van der Waals surface area contributed by atoms with E-state index in [2.05, 4.69) is 10.6 Å². The minimum Gasteiger partial charge on any atom is -0.495 e. The van der Waals surface area contributed by atoms with E-state index in [-0.39, 0.29) is 30.7 Å². The van der Waals surface area contributed by atoms with E-state index >= 15 is 0 Å². The molecule has 10 nitrogen and oxygen atoms in total. The Morgan fingerprint density at radius 2 is 1.93 bits per heavy atom. The van der Waals surface area contributed by atoms with E-state index in [4.69, 9.17) is 4.74 Å². The molecule has 1 aromatic rings. The van der Waals surface area contributed by atoms with Gasteiger partial charge in [-0.25, -0.2) is 0 Å². The first-order valence-electron chi connectivity index (χ1n) is 9.93. The Balaban J connectivity index is 1.61. The summed E-state index contributed by atoms with van der Waals surface area (Å²) < 4.78 is 5.23. The van der Waals surface area contributed by atoms with Crippen molar-refractivity contribution >= 4 is 29.8 Å². The molecule has 1 atom stereocenters. The predicted octanol–water partition coefficient (Wildman–Crippen LogP) is -0.875. The minimum atomic E-state index is -0.864. The lowest BCUT2D eigenvalue weighted by molar-refractivity contribution is -0.145. The van der Waals surface area contributed by atoms with Gasteiger partial charge in [0, 0.05) is 39.3 Å². The number of piperazine rings is 2. The van der Waals surface area contributed by atoms with Crippen LogP contribution in [0.3, 0.4) is 0 Å². The highest BCUT2D eigenvalue weighted by Gasteiger charge is 2.35. The lowest BCUT2D eigenvalue weighted by atomic mass is 10.1. The van der Waals surface area contributed by atoms with Gasteiger partial charge in [-0.1, -0.05) is 12.1 Å². The van der Waals surface area contributed by atoms with Crippen LogP contribution < -0.4 is 15.4 Å². The molecule has 2 saturated heterocycles. The number of nitrogens with one attached hydrogen (secondary N) is 2. The Kier molecular flexibility index (Phi) is 7.23. The fraction of sp³-hybridized carbons (Fsp3) is 0.500. The molecule has 0 aliphatic carbocycles. The molecule has 2 fully saturated rings. The molecule has 0 unspecified atom stereocenters. The number of carbonyl (C=O) groups excluding carboxylic acids is 4. The van der Waals surface area contributed by atoms with Crippen molar-refractivity contribution in [1.29, 1.82) is 0 Å². The van der Waals surface area contributed by atoms with Gasteiger partial charge in [0.25, 0.3) is 0 Å². The smallest absolute Gasteiger partial charge is 0.243 e. The van der Waals surface area contributed by atoms with E-state index < -0.39 is 6.04 Å². The molecule has 2 N–H and O–H groups in total. The number of carbonyl (C=O) groups is 4. The highest BCUT2D eigenvalue weighted by Crippen LogP contribution is 2.23. The third kappa shape index (κ3) is 5.26. The van der Waals surface area contributed by atoms with Crippen LogP contribution in [0.4, 0.5) is 5.69 Å². The van der Waals surface area contributed by atoms with Gasteiger partial charge in [0.2, 0.25) is 24.1 Å². The monoisotopic (exact) mass is 417 g/mol. The van der Waals surface area contributed by atoms with Crippen LogP contribution in [0.1, 0.15) is 6.42 Å². The van der Waals surface area contributed by atoms with Gasteiger partial charge in [0.05, 0.1) is 25.8 Å². The van der Waals surface area contributed by atoms with Gasteiger partial charge < -0.3 is 25.2 Å². The standard InChI is InChI=1S/C20H27N5O5/c1-30-17-5-3-2-4-15(17)22-18(27)12-16-20(29)21-6-7-25(16)19(28)13-23-8-10-24(14-26)11-9-23/h2-5,14,16H,6-13H2,1H3,(H,21,29)(H,22,27)/t16-/m0/s1. The summed E-state index contributed by atoms with van der Waals surface area (Å²) in [4.78, 5) is 53.8. The minimum absolute atomic E-state index is 0.144. The second-order valence-corrected chi connectivity index (χ2v) is 7.26. The largest absolute Gasteiger partial charge is 0.495 e. The Bertz CT molecular complexity index is 794. The van der Waals surface area contributed by atoms with Crippen molar-refractivity contribution in [1.82, 2.24) is 20.0 Å². The van der Waals surface area contributed by atoms with Crippen molar-refractivity contribution in [2.45, 2.75) is 12.5 Å². The number of benzene rings is 1. The summed E-state index contributed by atoms with van der Waals surface area (Å²) in [6.07, 6.45) is 0.666. The number of rotatable bonds is 7. The van der Waals surface area contributed by atoms with E-state index in [1.165, 1.54) is 12.0 Å². The first-order chi connectivity index (χ1) is 14.5. The van der Waals surface area contributed by atoms with Crippen molar-refractivity contribution < 1.29 is 23.9 Å². The van der Waals surface area contributed by atoms with Crippen LogP contribution in [0.5, 0.6) is 5.75 Å². The van der Waals surface area contributed by atoms with Gasteiger partial charge in [-0.15, -0.1) is 0 Å². The molecule has 0 aromatic heterocycles. The van der Waals surface area contributed by atoms with Crippen molar-refractivity contribution in [2.24, 2.45) is 0 Å². The van der Waals surface area contributed by atoms with E-state index in [1.54, 1.807) is 29.2 Å². The van der Waals surface area contributed by atoms with Gasteiger partial charge in [-0.05, 0) is 12.1 Å². The number of amides is 4. The molecular formula is C20H27N5O5. The fourth-order valence-corrected chi connectivity index (χ4v) is 3.65. The Morgan fingerprint density at radius 1 is 1.20 bits per heavy atom. The van der Waals surface area contributed by atoms with E-state index in [9.17, 15) is 19.2 Å². The van der Waals surface area contributed by atoms with Gasteiger partial charge in [-0.2, -0.15) is 0 Å². The number of hydrogen-bond acceptors (Lipinski definition) is 6. The van der Waals surface area contributed by atoms with Crippen molar-refractivity contribution in [2.75, 3.05) is 58.2 Å². The van der Waals surface area contributed by atoms with E-state index in [1.807, 2.05) is 4.90 Å². The molecule has 30 heavy (non-hydrogen) atoms. The van der Waals surface area contributed by atoms with Crippen LogP contribution in [0.15, 0.2) is 24.3 Å². The van der Waals surface area contributed by atoms with Gasteiger partial charge >= 0.3 is 0 Å². The predicted molar refractivity (Wildman–Crippen MR) is 109 cm³/mol. The van der Waals surface area contributed by atoms with Crippen LogP contribution in [-0.4, -0.2) is 97.8 Å². The van der Waals surface area contributed by atoms with Crippen LogP contribution in [0, 0.1) is 0 Å². The zero-order valence-corrected chi connectivity index (χ0v) is 17.0. The third-order valence-electron chi connectivity index (χ3n) is 5.33. The molecule has 0 radical (unpaired) electrons. The molecule has 2 heterocycles. The molecule has 4 amide bonds. The van der Waals surface area contributed by atoms with Crippen LogP contribution >= 0.6 is 0 Å². The molecule has 10 heteroatoms. The molecule has 2 aliphatic rings. The summed E-state index contributed by atoms with van der Waals surface area (Å²) >= 11 is 0. The summed E-state index contributed by atoms with van der Waals surface area (Å²) in [5, 5.41) is 5.48. The van der Waals surface area contributed by atoms with Gasteiger partial charge in [-0.3, -0.25) is 24.1 Å². The number of methoxy groups -OCH3 is 1. The second kappa shape index (κ2) is 10.1. The number of nitrogens with zero attached hydrogens (tertiary/aromatic N) is 3. The Morgan fingerprint density at radius 3 is 2.63 bits per heavy atom. The summed E-state index contributed by atoms with van der Waals surface area (Å²) in [5.41, 5.74) is 0.507. The Hall–Kier alpha value is -3.14. The summed E-state index contributed by atoms with van der Waals surface area (Å²) in [6, 6.07) is 6.13. The Labute approximate surface area is 175 Å². The van der Waals surface area contributed by atoms with Crippen LogP contribution in [-0.2, 0) is 19.2 Å². The van der Waals surface area contributed by atoms with E-state index in [0.717, 1.165) is 6.41 Å². The maximum Gasteiger partial charge on any atom is 0.243 e. The highest BCUT2D eigenvalue weighted by atomic mass is 16.5. The average Bonchev–Trinajstić information content (AvgIpc) is 2.76. The topological polar surface area (TPSA) is 111 Å². The molecule has 162 valence electrons. The van der Waals surface area contributed by atoms with Crippen molar-refractivity contribution in [3.63, 3.8) is 0 Å². The van der Waals surface area contributed by atoms with Crippen LogP contribution in [0.2, 0.25) is 0 Å². The van der Waals surface area contributed by atoms with Gasteiger partial charge in [0.15, 0.2) is 0 Å². The fourth-order valence-electron chi connectivity index (χ4n) is 3.65.